The van der Waals surface area contributed by atoms with Crippen LogP contribution in [-0.4, -0.2) is 87.4 Å². The van der Waals surface area contributed by atoms with Crippen molar-refractivity contribution in [2.24, 2.45) is 0 Å². The average molecular weight is 1050 g/mol. The van der Waals surface area contributed by atoms with Crippen molar-refractivity contribution in [2.45, 2.75) is 328 Å². The first kappa shape index (κ1) is 71.8. The highest BCUT2D eigenvalue weighted by atomic mass is 16.7. The second-order valence-corrected chi connectivity index (χ2v) is 23.1. The van der Waals surface area contributed by atoms with Crippen LogP contribution in [0.3, 0.4) is 0 Å². The summed E-state index contributed by atoms with van der Waals surface area (Å²) in [5.41, 5.74) is 0. The molecule has 0 aromatic heterocycles. The lowest BCUT2D eigenvalue weighted by molar-refractivity contribution is -0.870. The number of unbranched alkanes of at least 4 members (excludes halogenated alkanes) is 41. The van der Waals surface area contributed by atoms with Gasteiger partial charge in [0.25, 0.3) is 6.29 Å². The molecule has 9 heteroatoms. The second-order valence-electron chi connectivity index (χ2n) is 23.1. The third-order valence-electron chi connectivity index (χ3n) is 14.4. The minimum atomic E-state index is -1.51. The minimum absolute atomic E-state index is 0.181. The highest BCUT2D eigenvalue weighted by molar-refractivity contribution is 5.71. The fourth-order valence-corrected chi connectivity index (χ4v) is 9.48. The molecule has 74 heavy (non-hydrogen) atoms. The first-order valence-electron chi connectivity index (χ1n) is 32.0. The predicted molar refractivity (Wildman–Crippen MR) is 314 cm³/mol. The van der Waals surface area contributed by atoms with Gasteiger partial charge in [-0.15, -0.1) is 0 Å². The zero-order valence-corrected chi connectivity index (χ0v) is 49.8. The lowest BCUT2D eigenvalue weighted by Gasteiger charge is -2.25. The van der Waals surface area contributed by atoms with E-state index in [-0.39, 0.29) is 38.2 Å². The van der Waals surface area contributed by atoms with Gasteiger partial charge in [0.2, 0.25) is 0 Å². The fraction of sp³-hybridized carbons (Fsp3) is 0.892. The second kappa shape index (κ2) is 57.0. The molecule has 2 unspecified atom stereocenters. The number of allylic oxidation sites excluding steroid dienone is 4. The molecule has 2 atom stereocenters. The van der Waals surface area contributed by atoms with Crippen LogP contribution in [-0.2, 0) is 33.3 Å². The Kier molecular flexibility index (Phi) is 55.2. The number of likely N-dealkylation sites (N-methyl/N-ethyl adjacent to an activating group) is 1. The van der Waals surface area contributed by atoms with Gasteiger partial charge in [-0.25, -0.2) is 4.79 Å². The van der Waals surface area contributed by atoms with E-state index in [4.69, 9.17) is 18.9 Å². The van der Waals surface area contributed by atoms with Crippen LogP contribution in [0.25, 0.3) is 0 Å². The number of nitrogens with zero attached hydrogens (tertiary/aromatic N) is 1. The summed E-state index contributed by atoms with van der Waals surface area (Å²) in [7, 11) is 5.98. The number of carbonyl (C=O) groups excluding carboxylic acids is 2. The van der Waals surface area contributed by atoms with Crippen molar-refractivity contribution >= 4 is 17.9 Å². The van der Waals surface area contributed by atoms with Crippen molar-refractivity contribution in [3.63, 3.8) is 0 Å². The maximum absolute atomic E-state index is 12.9. The van der Waals surface area contributed by atoms with Gasteiger partial charge in [-0.2, -0.15) is 0 Å². The van der Waals surface area contributed by atoms with E-state index in [0.29, 0.717) is 17.4 Å². The molecule has 436 valence electrons. The zero-order chi connectivity index (χ0) is 54.1. The molecule has 0 aromatic carbocycles. The van der Waals surface area contributed by atoms with Crippen molar-refractivity contribution in [1.82, 2.24) is 0 Å². The summed E-state index contributed by atoms with van der Waals surface area (Å²) in [5, 5.41) is 9.70. The monoisotopic (exact) mass is 1050 g/mol. The smallest absolute Gasteiger partial charge is 0.361 e. The van der Waals surface area contributed by atoms with Gasteiger partial charge in [-0.3, -0.25) is 9.59 Å². The van der Waals surface area contributed by atoms with E-state index >= 15 is 0 Å². The van der Waals surface area contributed by atoms with Gasteiger partial charge in [0.05, 0.1) is 34.4 Å². The Hall–Kier alpha value is -2.23. The number of carbonyl (C=O) groups is 3. The summed E-state index contributed by atoms with van der Waals surface area (Å²) in [5.74, 6) is -2.00. The highest BCUT2D eigenvalue weighted by Crippen LogP contribution is 2.18. The molecule has 0 saturated heterocycles. The molecule has 9 nitrogen and oxygen atoms in total. The van der Waals surface area contributed by atoms with Gasteiger partial charge in [0.15, 0.2) is 6.10 Å². The molecule has 0 aliphatic rings. The van der Waals surface area contributed by atoms with Crippen LogP contribution in [0.4, 0.5) is 0 Å². The Balaban J connectivity index is 3.99. The first-order valence-corrected chi connectivity index (χ1v) is 32.0. The maximum Gasteiger partial charge on any atom is 0.361 e. The topological polar surface area (TPSA) is 108 Å². The van der Waals surface area contributed by atoms with Crippen LogP contribution >= 0.6 is 0 Å². The van der Waals surface area contributed by atoms with E-state index in [2.05, 4.69) is 38.2 Å². The summed E-state index contributed by atoms with van der Waals surface area (Å²) in [6.45, 7) is 4.90. The Morgan fingerprint density at radius 1 is 0.392 bits per heavy atom. The average Bonchev–Trinajstić information content (AvgIpc) is 3.37. The molecule has 0 aliphatic carbocycles. The number of carboxylic acid groups (broad SMARTS) is 1. The molecule has 0 aliphatic heterocycles. The van der Waals surface area contributed by atoms with Gasteiger partial charge < -0.3 is 28.5 Å². The molecule has 0 saturated carbocycles. The van der Waals surface area contributed by atoms with Crippen LogP contribution in [0.15, 0.2) is 24.3 Å². The Labute approximate surface area is 458 Å². The van der Waals surface area contributed by atoms with Gasteiger partial charge in [0, 0.05) is 12.8 Å². The van der Waals surface area contributed by atoms with E-state index in [1.54, 1.807) is 0 Å². The van der Waals surface area contributed by atoms with E-state index in [1.807, 2.05) is 21.1 Å². The largest absolute Gasteiger partial charge is 0.477 e. The van der Waals surface area contributed by atoms with Gasteiger partial charge in [-0.1, -0.05) is 263 Å². The normalized spacial score (nSPS) is 12.8. The number of quaternary nitrogens is 1. The molecule has 0 bridgehead atoms. The van der Waals surface area contributed by atoms with E-state index in [0.717, 1.165) is 51.4 Å². The maximum atomic E-state index is 12.9. The molecule has 1 N–H and O–H groups in total. The molecule has 0 fully saturated rings. The first-order chi connectivity index (χ1) is 36.1. The lowest BCUT2D eigenvalue weighted by Crippen LogP contribution is -2.40. The SMILES string of the molecule is CCCCCCC/C=C\CCCCCCCC(=O)OCC(COC(OCC[N+](C)(C)C)C(=O)O)OC(=O)CCCCCCCCCCCCCCCCCCCCCCCCC/C=C\CCCCCCCCCC. The number of esters is 2. The van der Waals surface area contributed by atoms with Crippen LogP contribution in [0.2, 0.25) is 0 Å². The van der Waals surface area contributed by atoms with Crippen LogP contribution in [0.1, 0.15) is 316 Å². The van der Waals surface area contributed by atoms with Gasteiger partial charge >= 0.3 is 17.9 Å². The quantitative estimate of drug-likeness (QED) is 0.0211. The van der Waals surface area contributed by atoms with Crippen LogP contribution < -0.4 is 0 Å². The summed E-state index contributed by atoms with van der Waals surface area (Å²) in [6, 6.07) is 0. The molecular formula is C65H124NO8+. The zero-order valence-electron chi connectivity index (χ0n) is 49.8. The minimum Gasteiger partial charge on any atom is -0.477 e. The number of hydrogen-bond donors (Lipinski definition) is 1. The molecule has 0 radical (unpaired) electrons. The van der Waals surface area contributed by atoms with Crippen LogP contribution in [0, 0.1) is 0 Å². The van der Waals surface area contributed by atoms with Gasteiger partial charge in [-0.05, 0) is 64.2 Å². The summed E-state index contributed by atoms with van der Waals surface area (Å²) in [4.78, 5) is 37.4. The third kappa shape index (κ3) is 57.5. The highest BCUT2D eigenvalue weighted by Gasteiger charge is 2.25. The van der Waals surface area contributed by atoms with Crippen molar-refractivity contribution in [3.05, 3.63) is 24.3 Å². The Morgan fingerprint density at radius 2 is 0.689 bits per heavy atom. The number of ether oxygens (including phenoxy) is 4. The molecule has 0 rings (SSSR count). The van der Waals surface area contributed by atoms with E-state index in [1.165, 1.54) is 238 Å². The van der Waals surface area contributed by atoms with Crippen molar-refractivity contribution < 1.29 is 42.9 Å². The Bertz CT molecular complexity index is 1260. The van der Waals surface area contributed by atoms with Crippen molar-refractivity contribution in [2.75, 3.05) is 47.5 Å². The molecule has 0 heterocycles. The number of aliphatic carboxylic acids is 1. The fourth-order valence-electron chi connectivity index (χ4n) is 9.48. The molecule has 0 aromatic rings. The molecule has 0 amide bonds. The van der Waals surface area contributed by atoms with Crippen LogP contribution in [0.5, 0.6) is 0 Å². The number of carboxylic acids is 1. The van der Waals surface area contributed by atoms with Crippen molar-refractivity contribution in [3.8, 4) is 0 Å². The molecular weight excluding hydrogens is 923 g/mol. The van der Waals surface area contributed by atoms with Crippen molar-refractivity contribution in [1.29, 1.82) is 0 Å². The number of hydrogen-bond acceptors (Lipinski definition) is 7. The van der Waals surface area contributed by atoms with E-state index in [9.17, 15) is 19.5 Å². The Morgan fingerprint density at radius 3 is 1.00 bits per heavy atom. The summed E-state index contributed by atoms with van der Waals surface area (Å²) in [6.07, 6.45) is 65.8. The summed E-state index contributed by atoms with van der Waals surface area (Å²) >= 11 is 0. The summed E-state index contributed by atoms with van der Waals surface area (Å²) < 4.78 is 22.9. The predicted octanol–water partition coefficient (Wildman–Crippen LogP) is 19.1. The standard InChI is InChI=1S/C65H123NO8/c1-6-8-10-12-14-16-18-20-22-23-24-25-26-27-28-29-30-31-32-33-34-35-36-37-38-39-40-41-42-44-46-48-50-52-54-56-63(68)74-61(60-73-65(64(69)70)71-58-57-66(3,4)5)59-72-62(67)55-53-51-49-47-45-43-21-19-17-15-13-11-9-7-2/h19,21,23-24,61,65H,6-18,20,22,25-60H2,1-5H3/p+1/b21-19-,24-23-. The van der Waals surface area contributed by atoms with E-state index < -0.39 is 18.4 Å². The third-order valence-corrected chi connectivity index (χ3v) is 14.4. The van der Waals surface area contributed by atoms with Gasteiger partial charge in [0.1, 0.15) is 13.2 Å². The lowest BCUT2D eigenvalue weighted by atomic mass is 10.0. The molecule has 0 spiro atoms. The number of rotatable bonds is 60.